The Morgan fingerprint density at radius 1 is 1.17 bits per heavy atom. The Hall–Kier alpha value is -1.94. The molecule has 1 aliphatic rings. The molecule has 0 aliphatic carbocycles. The van der Waals surface area contributed by atoms with Gasteiger partial charge in [0, 0.05) is 6.42 Å². The quantitative estimate of drug-likeness (QED) is 0.882. The lowest BCUT2D eigenvalue weighted by Crippen LogP contribution is -2.33. The lowest BCUT2D eigenvalue weighted by atomic mass is 9.91. The molecular formula is C14H12N2OS. The van der Waals surface area contributed by atoms with E-state index in [1.54, 1.807) is 11.3 Å². The van der Waals surface area contributed by atoms with Crippen LogP contribution in [0, 0.1) is 0 Å². The van der Waals surface area contributed by atoms with Crippen molar-refractivity contribution < 1.29 is 4.79 Å². The Labute approximate surface area is 109 Å². The van der Waals surface area contributed by atoms with Crippen molar-refractivity contribution in [2.24, 2.45) is 5.10 Å². The fourth-order valence-corrected chi connectivity index (χ4v) is 2.81. The molecule has 1 amide bonds. The van der Waals surface area contributed by atoms with Gasteiger partial charge in [-0.05, 0) is 17.0 Å². The highest BCUT2D eigenvalue weighted by Gasteiger charge is 2.27. The van der Waals surface area contributed by atoms with Crippen LogP contribution in [0.4, 0.5) is 0 Å². The summed E-state index contributed by atoms with van der Waals surface area (Å²) in [7, 11) is 0. The standard InChI is InChI=1S/C14H12N2OS/c17-14-11(10-5-2-1-3-6-10)9-12(15-16-14)13-7-4-8-18-13/h1-8,11H,9H2,(H,16,17)/t11-/m1/s1. The van der Waals surface area contributed by atoms with Crippen LogP contribution in [0.1, 0.15) is 22.8 Å². The minimum absolute atomic E-state index is 0.0264. The number of rotatable bonds is 2. The Morgan fingerprint density at radius 3 is 2.72 bits per heavy atom. The second-order valence-electron chi connectivity index (χ2n) is 4.18. The number of hydrazone groups is 1. The number of nitrogens with one attached hydrogen (secondary N) is 1. The summed E-state index contributed by atoms with van der Waals surface area (Å²) in [4.78, 5) is 13.0. The molecule has 2 heterocycles. The molecule has 1 N–H and O–H groups in total. The van der Waals surface area contributed by atoms with Crippen molar-refractivity contribution in [3.05, 3.63) is 58.3 Å². The van der Waals surface area contributed by atoms with Gasteiger partial charge in [0.05, 0.1) is 16.5 Å². The number of carbonyl (C=O) groups is 1. The van der Waals surface area contributed by atoms with Gasteiger partial charge in [-0.2, -0.15) is 5.10 Å². The largest absolute Gasteiger partial charge is 0.272 e. The zero-order chi connectivity index (χ0) is 12.4. The van der Waals surface area contributed by atoms with Crippen LogP contribution in [0.2, 0.25) is 0 Å². The molecule has 0 saturated heterocycles. The first kappa shape index (κ1) is 11.2. The second-order valence-corrected chi connectivity index (χ2v) is 5.13. The van der Waals surface area contributed by atoms with Gasteiger partial charge in [0.1, 0.15) is 0 Å². The summed E-state index contributed by atoms with van der Waals surface area (Å²) in [6, 6.07) is 13.9. The van der Waals surface area contributed by atoms with Crippen LogP contribution in [0.15, 0.2) is 52.9 Å². The molecule has 0 bridgehead atoms. The molecule has 0 radical (unpaired) electrons. The number of amides is 1. The Morgan fingerprint density at radius 2 is 2.00 bits per heavy atom. The van der Waals surface area contributed by atoms with Crippen molar-refractivity contribution in [1.29, 1.82) is 0 Å². The molecule has 3 nitrogen and oxygen atoms in total. The third-order valence-electron chi connectivity index (χ3n) is 3.02. The monoisotopic (exact) mass is 256 g/mol. The summed E-state index contributed by atoms with van der Waals surface area (Å²) in [6.45, 7) is 0. The van der Waals surface area contributed by atoms with Crippen molar-refractivity contribution in [1.82, 2.24) is 5.43 Å². The van der Waals surface area contributed by atoms with Crippen molar-refractivity contribution >= 4 is 23.0 Å². The third kappa shape index (κ3) is 2.07. The minimum Gasteiger partial charge on any atom is -0.272 e. The van der Waals surface area contributed by atoms with Crippen LogP contribution in [-0.4, -0.2) is 11.6 Å². The van der Waals surface area contributed by atoms with Crippen molar-refractivity contribution in [3.8, 4) is 0 Å². The molecule has 18 heavy (non-hydrogen) atoms. The normalized spacial score (nSPS) is 19.2. The van der Waals surface area contributed by atoms with Crippen molar-refractivity contribution in [3.63, 3.8) is 0 Å². The fraction of sp³-hybridized carbons (Fsp3) is 0.143. The number of thiophene rings is 1. The molecule has 0 saturated carbocycles. The van der Waals surface area contributed by atoms with E-state index in [0.29, 0.717) is 6.42 Å². The first-order valence-electron chi connectivity index (χ1n) is 5.80. The van der Waals surface area contributed by atoms with Gasteiger partial charge in [-0.1, -0.05) is 36.4 Å². The van der Waals surface area contributed by atoms with Crippen LogP contribution in [0.5, 0.6) is 0 Å². The van der Waals surface area contributed by atoms with E-state index >= 15 is 0 Å². The summed E-state index contributed by atoms with van der Waals surface area (Å²) in [5.41, 5.74) is 4.62. The first-order valence-corrected chi connectivity index (χ1v) is 6.68. The number of nitrogens with zero attached hydrogens (tertiary/aromatic N) is 1. The SMILES string of the molecule is O=C1NN=C(c2cccs2)C[C@@H]1c1ccccc1. The van der Waals surface area contributed by atoms with Crippen LogP contribution >= 0.6 is 11.3 Å². The maximum absolute atomic E-state index is 11.9. The summed E-state index contributed by atoms with van der Waals surface area (Å²) in [5.74, 6) is -0.165. The molecule has 0 fully saturated rings. The van der Waals surface area contributed by atoms with Gasteiger partial charge < -0.3 is 0 Å². The number of hydrogen-bond donors (Lipinski definition) is 1. The van der Waals surface area contributed by atoms with Crippen LogP contribution in [-0.2, 0) is 4.79 Å². The van der Waals surface area contributed by atoms with Crippen LogP contribution in [0.25, 0.3) is 0 Å². The van der Waals surface area contributed by atoms with Gasteiger partial charge in [-0.3, -0.25) is 4.79 Å². The summed E-state index contributed by atoms with van der Waals surface area (Å²) < 4.78 is 0. The zero-order valence-corrected chi connectivity index (χ0v) is 10.5. The molecule has 1 atom stereocenters. The van der Waals surface area contributed by atoms with E-state index in [0.717, 1.165) is 16.2 Å². The summed E-state index contributed by atoms with van der Waals surface area (Å²) in [5, 5.41) is 6.18. The number of benzene rings is 1. The molecule has 1 aliphatic heterocycles. The van der Waals surface area contributed by atoms with Gasteiger partial charge in [-0.25, -0.2) is 5.43 Å². The lowest BCUT2D eigenvalue weighted by Gasteiger charge is -2.21. The topological polar surface area (TPSA) is 41.5 Å². The maximum atomic E-state index is 11.9. The fourth-order valence-electron chi connectivity index (χ4n) is 2.09. The van der Waals surface area contributed by atoms with E-state index in [4.69, 9.17) is 0 Å². The van der Waals surface area contributed by atoms with E-state index in [1.165, 1.54) is 0 Å². The molecule has 3 rings (SSSR count). The maximum Gasteiger partial charge on any atom is 0.248 e. The average Bonchev–Trinajstić information content (AvgIpc) is 2.94. The molecule has 0 spiro atoms. The van der Waals surface area contributed by atoms with Gasteiger partial charge in [-0.15, -0.1) is 11.3 Å². The molecule has 1 aromatic carbocycles. The third-order valence-corrected chi connectivity index (χ3v) is 3.94. The van der Waals surface area contributed by atoms with Gasteiger partial charge in [0.25, 0.3) is 0 Å². The highest BCUT2D eigenvalue weighted by atomic mass is 32.1. The smallest absolute Gasteiger partial charge is 0.248 e. The van der Waals surface area contributed by atoms with Gasteiger partial charge in [0.2, 0.25) is 5.91 Å². The Kier molecular flexibility index (Phi) is 2.94. The number of carbonyl (C=O) groups excluding carboxylic acids is 1. The van der Waals surface area contributed by atoms with Gasteiger partial charge >= 0.3 is 0 Å². The highest BCUT2D eigenvalue weighted by molar-refractivity contribution is 7.12. The van der Waals surface area contributed by atoms with E-state index < -0.39 is 0 Å². The summed E-state index contributed by atoms with van der Waals surface area (Å²) in [6.07, 6.45) is 0.663. The Bertz CT molecular complexity index is 575. The first-order chi connectivity index (χ1) is 8.84. The van der Waals surface area contributed by atoms with E-state index in [9.17, 15) is 4.79 Å². The van der Waals surface area contributed by atoms with E-state index in [1.807, 2.05) is 47.8 Å². The highest BCUT2D eigenvalue weighted by Crippen LogP contribution is 2.26. The molecule has 0 unspecified atom stereocenters. The van der Waals surface area contributed by atoms with Crippen LogP contribution in [0.3, 0.4) is 0 Å². The Balaban J connectivity index is 1.90. The lowest BCUT2D eigenvalue weighted by molar-refractivity contribution is -0.122. The van der Waals surface area contributed by atoms with E-state index in [2.05, 4.69) is 10.5 Å². The van der Waals surface area contributed by atoms with Gasteiger partial charge in [0.15, 0.2) is 0 Å². The van der Waals surface area contributed by atoms with Crippen LogP contribution < -0.4 is 5.43 Å². The van der Waals surface area contributed by atoms with E-state index in [-0.39, 0.29) is 11.8 Å². The second kappa shape index (κ2) is 4.74. The predicted octanol–water partition coefficient (Wildman–Crippen LogP) is 2.76. The molecule has 4 heteroatoms. The number of hydrogen-bond acceptors (Lipinski definition) is 3. The summed E-state index contributed by atoms with van der Waals surface area (Å²) >= 11 is 1.65. The molecule has 2 aromatic rings. The zero-order valence-electron chi connectivity index (χ0n) is 9.67. The molecule has 90 valence electrons. The molecular weight excluding hydrogens is 244 g/mol. The van der Waals surface area contributed by atoms with Crippen molar-refractivity contribution in [2.75, 3.05) is 0 Å². The minimum atomic E-state index is -0.138. The molecule has 1 aromatic heterocycles. The van der Waals surface area contributed by atoms with Crippen molar-refractivity contribution in [2.45, 2.75) is 12.3 Å². The average molecular weight is 256 g/mol. The predicted molar refractivity (Wildman–Crippen MR) is 72.8 cm³/mol.